The minimum atomic E-state index is -4.14. The Morgan fingerprint density at radius 1 is 1.10 bits per heavy atom. The quantitative estimate of drug-likeness (QED) is 0.327. The van der Waals surface area contributed by atoms with Crippen molar-refractivity contribution in [2.75, 3.05) is 26.6 Å². The van der Waals surface area contributed by atoms with E-state index in [0.717, 1.165) is 0 Å². The molecule has 6 nitrogen and oxygen atoms in total. The molecule has 0 aliphatic heterocycles. The van der Waals surface area contributed by atoms with Crippen molar-refractivity contribution < 1.29 is 56.7 Å². The van der Waals surface area contributed by atoms with Crippen molar-refractivity contribution in [3.05, 3.63) is 18.2 Å². The SMILES string of the molecule is COc1ccc(OC)c(OCCCCS(=O)(=O)[O-])c1.[Na+]. The first-order valence-electron chi connectivity index (χ1n) is 5.74. The molecule has 0 heterocycles. The van der Waals surface area contributed by atoms with Crippen molar-refractivity contribution in [2.24, 2.45) is 0 Å². The van der Waals surface area contributed by atoms with Gasteiger partial charge in [-0.15, -0.1) is 0 Å². The van der Waals surface area contributed by atoms with Crippen LogP contribution in [0.25, 0.3) is 0 Å². The van der Waals surface area contributed by atoms with Gasteiger partial charge in [0.15, 0.2) is 11.5 Å². The Balaban J connectivity index is 0.00000361. The van der Waals surface area contributed by atoms with Crippen LogP contribution in [0.4, 0.5) is 0 Å². The first-order chi connectivity index (χ1) is 8.96. The van der Waals surface area contributed by atoms with Gasteiger partial charge in [0.25, 0.3) is 0 Å². The summed E-state index contributed by atoms with van der Waals surface area (Å²) in [6.07, 6.45) is 0.750. The summed E-state index contributed by atoms with van der Waals surface area (Å²) in [4.78, 5) is 0. The molecule has 0 saturated heterocycles. The molecule has 0 bridgehead atoms. The van der Waals surface area contributed by atoms with Crippen LogP contribution in [0, 0.1) is 0 Å². The van der Waals surface area contributed by atoms with Crippen LogP contribution in [-0.2, 0) is 10.1 Å². The summed E-state index contributed by atoms with van der Waals surface area (Å²) < 4.78 is 46.9. The number of ether oxygens (including phenoxy) is 3. The zero-order chi connectivity index (χ0) is 14.3. The van der Waals surface area contributed by atoms with E-state index in [1.807, 2.05) is 0 Å². The standard InChI is InChI=1S/C12H18O6S.Na/c1-16-10-5-6-11(17-2)12(9-10)18-7-3-4-8-19(13,14)15;/h5-6,9H,3-4,7-8H2,1-2H3,(H,13,14,15);/q;+1/p-1. The molecule has 1 aromatic carbocycles. The summed E-state index contributed by atoms with van der Waals surface area (Å²) in [5.41, 5.74) is 0. The minimum absolute atomic E-state index is 0. The minimum Gasteiger partial charge on any atom is -0.748 e. The molecule has 1 rings (SSSR count). The van der Waals surface area contributed by atoms with Gasteiger partial charge < -0.3 is 18.8 Å². The van der Waals surface area contributed by atoms with E-state index in [0.29, 0.717) is 30.3 Å². The van der Waals surface area contributed by atoms with Gasteiger partial charge in [-0.05, 0) is 25.0 Å². The molecule has 108 valence electrons. The first kappa shape index (κ1) is 19.5. The molecule has 0 aliphatic carbocycles. The van der Waals surface area contributed by atoms with Gasteiger partial charge in [0.2, 0.25) is 0 Å². The molecule has 0 spiro atoms. The normalized spacial score (nSPS) is 10.6. The molecule has 1 aromatic rings. The average Bonchev–Trinajstić information content (AvgIpc) is 2.36. The molecular formula is C12H17NaO6S. The van der Waals surface area contributed by atoms with E-state index >= 15 is 0 Å². The van der Waals surface area contributed by atoms with E-state index < -0.39 is 10.1 Å². The average molecular weight is 312 g/mol. The van der Waals surface area contributed by atoms with E-state index in [-0.39, 0.29) is 41.7 Å². The van der Waals surface area contributed by atoms with Crippen LogP contribution in [0.1, 0.15) is 12.8 Å². The number of hydrogen-bond acceptors (Lipinski definition) is 6. The van der Waals surface area contributed by atoms with Gasteiger partial charge in [-0.3, -0.25) is 0 Å². The Morgan fingerprint density at radius 2 is 1.80 bits per heavy atom. The van der Waals surface area contributed by atoms with Crippen LogP contribution >= 0.6 is 0 Å². The molecule has 0 N–H and O–H groups in total. The zero-order valence-corrected chi connectivity index (χ0v) is 14.7. The number of unbranched alkanes of at least 4 members (excludes halogenated alkanes) is 1. The summed E-state index contributed by atoms with van der Waals surface area (Å²) in [6, 6.07) is 5.15. The third kappa shape index (κ3) is 7.35. The number of rotatable bonds is 8. The van der Waals surface area contributed by atoms with Crippen LogP contribution in [0.2, 0.25) is 0 Å². The number of benzene rings is 1. The first-order valence-corrected chi connectivity index (χ1v) is 7.32. The van der Waals surface area contributed by atoms with E-state index in [1.54, 1.807) is 25.3 Å². The topological polar surface area (TPSA) is 84.9 Å². The summed E-state index contributed by atoms with van der Waals surface area (Å²) in [5.74, 6) is 1.35. The van der Waals surface area contributed by atoms with Gasteiger partial charge in [-0.1, -0.05) is 0 Å². The Hall–Kier alpha value is -0.470. The summed E-state index contributed by atoms with van der Waals surface area (Å²) >= 11 is 0. The van der Waals surface area contributed by atoms with Crippen molar-refractivity contribution in [2.45, 2.75) is 12.8 Å². The van der Waals surface area contributed by atoms with Crippen LogP contribution in [0.5, 0.6) is 17.2 Å². The van der Waals surface area contributed by atoms with Gasteiger partial charge in [-0.2, -0.15) is 0 Å². The Labute approximate surface area is 141 Å². The van der Waals surface area contributed by atoms with E-state index in [1.165, 1.54) is 7.11 Å². The van der Waals surface area contributed by atoms with E-state index in [4.69, 9.17) is 14.2 Å². The monoisotopic (exact) mass is 312 g/mol. The van der Waals surface area contributed by atoms with Crippen molar-refractivity contribution in [1.29, 1.82) is 0 Å². The molecule has 0 aliphatic rings. The fraction of sp³-hybridized carbons (Fsp3) is 0.500. The van der Waals surface area contributed by atoms with Crippen molar-refractivity contribution in [3.63, 3.8) is 0 Å². The van der Waals surface area contributed by atoms with Crippen molar-refractivity contribution in [1.82, 2.24) is 0 Å². The third-order valence-electron chi connectivity index (χ3n) is 2.42. The van der Waals surface area contributed by atoms with Gasteiger partial charge in [0.1, 0.15) is 5.75 Å². The van der Waals surface area contributed by atoms with Gasteiger partial charge in [0, 0.05) is 11.8 Å². The Morgan fingerprint density at radius 3 is 2.35 bits per heavy atom. The fourth-order valence-electron chi connectivity index (χ4n) is 1.46. The maximum Gasteiger partial charge on any atom is 1.00 e. The van der Waals surface area contributed by atoms with Crippen LogP contribution in [-0.4, -0.2) is 39.5 Å². The maximum absolute atomic E-state index is 10.4. The molecule has 20 heavy (non-hydrogen) atoms. The Bertz CT molecular complexity index is 503. The van der Waals surface area contributed by atoms with Crippen LogP contribution in [0.3, 0.4) is 0 Å². The van der Waals surface area contributed by atoms with Crippen molar-refractivity contribution in [3.8, 4) is 17.2 Å². The van der Waals surface area contributed by atoms with Gasteiger partial charge in [-0.25, -0.2) is 8.42 Å². The van der Waals surface area contributed by atoms with Crippen molar-refractivity contribution >= 4 is 10.1 Å². The molecule has 0 unspecified atom stereocenters. The molecule has 0 aromatic heterocycles. The zero-order valence-electron chi connectivity index (χ0n) is 11.9. The molecule has 0 saturated carbocycles. The molecule has 0 amide bonds. The number of hydrogen-bond donors (Lipinski definition) is 0. The summed E-state index contributed by atoms with van der Waals surface area (Å²) in [7, 11) is -1.07. The largest absolute Gasteiger partial charge is 1.00 e. The predicted octanol–water partition coefficient (Wildman–Crippen LogP) is -1.59. The maximum atomic E-state index is 10.4. The predicted molar refractivity (Wildman–Crippen MR) is 68.8 cm³/mol. The number of methoxy groups -OCH3 is 2. The molecular weight excluding hydrogens is 295 g/mol. The summed E-state index contributed by atoms with van der Waals surface area (Å²) in [5, 5.41) is 0. The second-order valence-corrected chi connectivity index (χ2v) is 5.36. The van der Waals surface area contributed by atoms with Crippen LogP contribution in [0.15, 0.2) is 18.2 Å². The smallest absolute Gasteiger partial charge is 0.748 e. The molecule has 8 heteroatoms. The third-order valence-corrected chi connectivity index (χ3v) is 3.21. The fourth-order valence-corrected chi connectivity index (χ4v) is 2.02. The second-order valence-electron chi connectivity index (χ2n) is 3.83. The Kier molecular flexibility index (Phi) is 9.24. The molecule has 0 atom stereocenters. The molecule has 0 radical (unpaired) electrons. The summed E-state index contributed by atoms with van der Waals surface area (Å²) in [6.45, 7) is 0.305. The van der Waals surface area contributed by atoms with Gasteiger partial charge >= 0.3 is 29.6 Å². The molecule has 0 fully saturated rings. The van der Waals surface area contributed by atoms with Gasteiger partial charge in [0.05, 0.1) is 30.9 Å². The van der Waals surface area contributed by atoms with E-state index in [2.05, 4.69) is 0 Å². The van der Waals surface area contributed by atoms with E-state index in [9.17, 15) is 13.0 Å². The second kappa shape index (κ2) is 9.46. The van der Waals surface area contributed by atoms with Crippen LogP contribution < -0.4 is 43.8 Å².